The van der Waals surface area contributed by atoms with Gasteiger partial charge in [0.2, 0.25) is 0 Å². The van der Waals surface area contributed by atoms with Crippen molar-refractivity contribution in [2.45, 2.75) is 6.92 Å². The van der Waals surface area contributed by atoms with Crippen molar-refractivity contribution in [2.24, 2.45) is 0 Å². The van der Waals surface area contributed by atoms with Gasteiger partial charge in [-0.3, -0.25) is 4.79 Å². The number of aryl methyl sites for hydroxylation is 1. The molecule has 0 fully saturated rings. The SMILES string of the molecule is Cc1ccc(C(=O)/C=C\N(C)C)cc1. The van der Waals surface area contributed by atoms with Crippen molar-refractivity contribution in [1.82, 2.24) is 4.90 Å². The minimum absolute atomic E-state index is 0.0405. The standard InChI is InChI=1S/C12H15NO/c1-10-4-6-11(7-5-10)12(14)8-9-13(2)3/h4-9H,1-3H3/b9-8-. The van der Waals surface area contributed by atoms with Gasteiger partial charge in [-0.25, -0.2) is 0 Å². The number of hydrogen-bond acceptors (Lipinski definition) is 2. The Bertz CT molecular complexity index is 336. The van der Waals surface area contributed by atoms with Crippen LogP contribution in [0.15, 0.2) is 36.5 Å². The van der Waals surface area contributed by atoms with Crippen LogP contribution in [0.2, 0.25) is 0 Å². The summed E-state index contributed by atoms with van der Waals surface area (Å²) in [5.74, 6) is 0.0405. The van der Waals surface area contributed by atoms with Crippen molar-refractivity contribution in [2.75, 3.05) is 14.1 Å². The summed E-state index contributed by atoms with van der Waals surface area (Å²) in [5.41, 5.74) is 1.90. The average molecular weight is 189 g/mol. The largest absolute Gasteiger partial charge is 0.383 e. The van der Waals surface area contributed by atoms with Crippen LogP contribution in [0.5, 0.6) is 0 Å². The van der Waals surface area contributed by atoms with Gasteiger partial charge in [-0.05, 0) is 6.92 Å². The molecule has 0 aromatic heterocycles. The molecule has 0 N–H and O–H groups in total. The van der Waals surface area contributed by atoms with Crippen molar-refractivity contribution < 1.29 is 4.79 Å². The fourth-order valence-electron chi connectivity index (χ4n) is 1.03. The van der Waals surface area contributed by atoms with Gasteiger partial charge in [-0.15, -0.1) is 0 Å². The van der Waals surface area contributed by atoms with E-state index in [-0.39, 0.29) is 5.78 Å². The van der Waals surface area contributed by atoms with Gasteiger partial charge < -0.3 is 4.90 Å². The zero-order valence-corrected chi connectivity index (χ0v) is 8.82. The highest BCUT2D eigenvalue weighted by Gasteiger charge is 1.99. The Kier molecular flexibility index (Phi) is 3.46. The molecule has 0 unspecified atom stereocenters. The average Bonchev–Trinajstić information content (AvgIpc) is 2.15. The summed E-state index contributed by atoms with van der Waals surface area (Å²) < 4.78 is 0. The lowest BCUT2D eigenvalue weighted by Crippen LogP contribution is -2.03. The molecule has 1 aromatic rings. The first-order valence-electron chi connectivity index (χ1n) is 4.55. The van der Waals surface area contributed by atoms with Crippen LogP contribution in [0.4, 0.5) is 0 Å². The monoisotopic (exact) mass is 189 g/mol. The molecule has 0 aliphatic heterocycles. The molecule has 0 saturated carbocycles. The van der Waals surface area contributed by atoms with E-state index < -0.39 is 0 Å². The summed E-state index contributed by atoms with van der Waals surface area (Å²) in [6.07, 6.45) is 3.33. The Labute approximate surface area is 84.9 Å². The fraction of sp³-hybridized carbons (Fsp3) is 0.250. The number of carbonyl (C=O) groups is 1. The molecular formula is C12H15NO. The second-order valence-electron chi connectivity index (χ2n) is 3.51. The lowest BCUT2D eigenvalue weighted by atomic mass is 10.1. The molecule has 0 aliphatic rings. The molecule has 0 atom stereocenters. The van der Waals surface area contributed by atoms with Crippen molar-refractivity contribution in [3.63, 3.8) is 0 Å². The number of carbonyl (C=O) groups excluding carboxylic acids is 1. The topological polar surface area (TPSA) is 20.3 Å². The van der Waals surface area contributed by atoms with E-state index in [1.54, 1.807) is 12.3 Å². The van der Waals surface area contributed by atoms with Gasteiger partial charge in [0.1, 0.15) is 0 Å². The predicted octanol–water partition coefficient (Wildman–Crippen LogP) is 2.25. The van der Waals surface area contributed by atoms with E-state index >= 15 is 0 Å². The number of nitrogens with zero attached hydrogens (tertiary/aromatic N) is 1. The van der Waals surface area contributed by atoms with Crippen LogP contribution < -0.4 is 0 Å². The molecule has 0 spiro atoms. The summed E-state index contributed by atoms with van der Waals surface area (Å²) in [6, 6.07) is 7.57. The van der Waals surface area contributed by atoms with Crippen LogP contribution in [0.25, 0.3) is 0 Å². The highest BCUT2D eigenvalue weighted by molar-refractivity contribution is 6.04. The lowest BCUT2D eigenvalue weighted by Gasteiger charge is -2.02. The number of allylic oxidation sites excluding steroid dienone is 1. The van der Waals surface area contributed by atoms with Gasteiger partial charge in [0.05, 0.1) is 0 Å². The van der Waals surface area contributed by atoms with E-state index in [0.29, 0.717) is 0 Å². The summed E-state index contributed by atoms with van der Waals surface area (Å²) in [5, 5.41) is 0. The zero-order chi connectivity index (χ0) is 10.6. The minimum Gasteiger partial charge on any atom is -0.383 e. The predicted molar refractivity (Wildman–Crippen MR) is 58.3 cm³/mol. The van der Waals surface area contributed by atoms with Gasteiger partial charge in [0, 0.05) is 31.9 Å². The third kappa shape index (κ3) is 3.05. The van der Waals surface area contributed by atoms with E-state index in [1.165, 1.54) is 0 Å². The van der Waals surface area contributed by atoms with E-state index in [4.69, 9.17) is 0 Å². The molecular weight excluding hydrogens is 174 g/mol. The van der Waals surface area contributed by atoms with Crippen molar-refractivity contribution in [3.05, 3.63) is 47.7 Å². The van der Waals surface area contributed by atoms with Crippen molar-refractivity contribution in [1.29, 1.82) is 0 Å². The van der Waals surface area contributed by atoms with E-state index in [2.05, 4.69) is 0 Å². The maximum atomic E-state index is 11.5. The lowest BCUT2D eigenvalue weighted by molar-refractivity contribution is 0.104. The minimum atomic E-state index is 0.0405. The molecule has 0 aliphatic carbocycles. The fourth-order valence-corrected chi connectivity index (χ4v) is 1.03. The normalized spacial score (nSPS) is 10.5. The summed E-state index contributed by atoms with van der Waals surface area (Å²) in [7, 11) is 3.78. The van der Waals surface area contributed by atoms with Crippen LogP contribution in [-0.2, 0) is 0 Å². The van der Waals surface area contributed by atoms with Gasteiger partial charge in [0.15, 0.2) is 5.78 Å². The first-order chi connectivity index (χ1) is 6.59. The summed E-state index contributed by atoms with van der Waals surface area (Å²) >= 11 is 0. The van der Waals surface area contributed by atoms with Crippen LogP contribution in [0.1, 0.15) is 15.9 Å². The van der Waals surface area contributed by atoms with Gasteiger partial charge in [-0.1, -0.05) is 29.8 Å². The van der Waals surface area contributed by atoms with Crippen LogP contribution >= 0.6 is 0 Å². The smallest absolute Gasteiger partial charge is 0.187 e. The van der Waals surface area contributed by atoms with Crippen LogP contribution in [0.3, 0.4) is 0 Å². The molecule has 0 heterocycles. The Morgan fingerprint density at radius 3 is 2.29 bits per heavy atom. The third-order valence-corrected chi connectivity index (χ3v) is 1.86. The van der Waals surface area contributed by atoms with E-state index in [0.717, 1.165) is 11.1 Å². The van der Waals surface area contributed by atoms with Gasteiger partial charge in [-0.2, -0.15) is 0 Å². The second-order valence-corrected chi connectivity index (χ2v) is 3.51. The highest BCUT2D eigenvalue weighted by Crippen LogP contribution is 2.04. The Morgan fingerprint density at radius 2 is 1.79 bits per heavy atom. The van der Waals surface area contributed by atoms with E-state index in [1.807, 2.05) is 50.2 Å². The first kappa shape index (κ1) is 10.5. The Balaban J connectivity index is 2.75. The summed E-state index contributed by atoms with van der Waals surface area (Å²) in [4.78, 5) is 13.4. The molecule has 14 heavy (non-hydrogen) atoms. The van der Waals surface area contributed by atoms with Crippen LogP contribution in [-0.4, -0.2) is 24.8 Å². The number of rotatable bonds is 3. The van der Waals surface area contributed by atoms with Crippen LogP contribution in [0, 0.1) is 6.92 Å². The molecule has 74 valence electrons. The Hall–Kier alpha value is -1.57. The quantitative estimate of drug-likeness (QED) is 0.537. The molecule has 1 aromatic carbocycles. The second kappa shape index (κ2) is 4.61. The van der Waals surface area contributed by atoms with Crippen molar-refractivity contribution >= 4 is 5.78 Å². The number of benzene rings is 1. The molecule has 2 nitrogen and oxygen atoms in total. The number of hydrogen-bond donors (Lipinski definition) is 0. The third-order valence-electron chi connectivity index (χ3n) is 1.86. The van der Waals surface area contributed by atoms with Crippen molar-refractivity contribution in [3.8, 4) is 0 Å². The first-order valence-corrected chi connectivity index (χ1v) is 4.55. The van der Waals surface area contributed by atoms with Gasteiger partial charge in [0.25, 0.3) is 0 Å². The summed E-state index contributed by atoms with van der Waals surface area (Å²) in [6.45, 7) is 2.00. The number of ketones is 1. The molecule has 0 radical (unpaired) electrons. The maximum absolute atomic E-state index is 11.5. The highest BCUT2D eigenvalue weighted by atomic mass is 16.1. The molecule has 1 rings (SSSR count). The Morgan fingerprint density at radius 1 is 1.21 bits per heavy atom. The van der Waals surface area contributed by atoms with E-state index in [9.17, 15) is 4.79 Å². The molecule has 0 bridgehead atoms. The van der Waals surface area contributed by atoms with Gasteiger partial charge >= 0.3 is 0 Å². The molecule has 0 amide bonds. The zero-order valence-electron chi connectivity index (χ0n) is 8.82. The molecule has 0 saturated heterocycles. The maximum Gasteiger partial charge on any atom is 0.187 e. The molecule has 2 heteroatoms.